The summed E-state index contributed by atoms with van der Waals surface area (Å²) in [6.45, 7) is 2.37. The molecule has 2 heterocycles. The van der Waals surface area contributed by atoms with Crippen molar-refractivity contribution in [1.29, 1.82) is 0 Å². The molecule has 2 rings (SSSR count). The van der Waals surface area contributed by atoms with Crippen molar-refractivity contribution in [2.24, 2.45) is 0 Å². The lowest BCUT2D eigenvalue weighted by molar-refractivity contribution is -0.171. The number of nitrogens with zero attached hydrogens (tertiary/aromatic N) is 3. The third-order valence-corrected chi connectivity index (χ3v) is 3.12. The Labute approximate surface area is 104 Å². The molecular weight excluding hydrogens is 238 g/mol. The maximum Gasteiger partial charge on any atom is 0.335 e. The smallest absolute Gasteiger partial charge is 0.335 e. The molecule has 18 heavy (non-hydrogen) atoms. The van der Waals surface area contributed by atoms with Gasteiger partial charge in [0, 0.05) is 13.6 Å². The van der Waals surface area contributed by atoms with Crippen molar-refractivity contribution >= 4 is 11.9 Å². The van der Waals surface area contributed by atoms with Crippen molar-refractivity contribution < 1.29 is 19.4 Å². The standard InChI is InChI=1S/C11H15N3O4/c1-3-14-6-12-4-7(14)9-10(11(16)17)18-5-8(15)13(9)2/h4,6,9-10H,3,5H2,1-2H3,(H,16,17). The first-order valence-electron chi connectivity index (χ1n) is 5.66. The second-order valence-corrected chi connectivity index (χ2v) is 4.12. The zero-order chi connectivity index (χ0) is 13.3. The van der Waals surface area contributed by atoms with E-state index in [1.54, 1.807) is 24.1 Å². The minimum absolute atomic E-state index is 0.204. The van der Waals surface area contributed by atoms with E-state index in [2.05, 4.69) is 4.98 Å². The van der Waals surface area contributed by atoms with Crippen LogP contribution in [0.25, 0.3) is 0 Å². The number of rotatable bonds is 3. The summed E-state index contributed by atoms with van der Waals surface area (Å²) in [5.74, 6) is -1.32. The number of imidazole rings is 1. The number of hydrogen-bond donors (Lipinski definition) is 1. The number of ether oxygens (including phenoxy) is 1. The SMILES string of the molecule is CCn1cncc1C1C(C(=O)O)OCC(=O)N1C. The molecule has 7 nitrogen and oxygen atoms in total. The average molecular weight is 253 g/mol. The molecule has 0 bridgehead atoms. The third-order valence-electron chi connectivity index (χ3n) is 3.12. The molecular formula is C11H15N3O4. The summed E-state index contributed by atoms with van der Waals surface area (Å²) in [4.78, 5) is 28.3. The van der Waals surface area contributed by atoms with Crippen LogP contribution in [0.4, 0.5) is 0 Å². The van der Waals surface area contributed by atoms with Gasteiger partial charge in [-0.1, -0.05) is 0 Å². The summed E-state index contributed by atoms with van der Waals surface area (Å²) < 4.78 is 6.93. The molecule has 7 heteroatoms. The summed E-state index contributed by atoms with van der Waals surface area (Å²) in [5.41, 5.74) is 0.667. The first-order valence-corrected chi connectivity index (χ1v) is 5.66. The van der Waals surface area contributed by atoms with E-state index in [0.717, 1.165) is 0 Å². The molecule has 1 aliphatic heterocycles. The molecule has 1 aliphatic rings. The predicted molar refractivity (Wildman–Crippen MR) is 60.8 cm³/mol. The maximum absolute atomic E-state index is 11.6. The van der Waals surface area contributed by atoms with Crippen molar-refractivity contribution in [3.8, 4) is 0 Å². The van der Waals surface area contributed by atoms with E-state index in [0.29, 0.717) is 12.2 Å². The van der Waals surface area contributed by atoms with Crippen molar-refractivity contribution in [3.05, 3.63) is 18.2 Å². The number of aryl methyl sites for hydroxylation is 1. The lowest BCUT2D eigenvalue weighted by Crippen LogP contribution is -2.50. The van der Waals surface area contributed by atoms with E-state index >= 15 is 0 Å². The largest absolute Gasteiger partial charge is 0.479 e. The number of aromatic nitrogens is 2. The molecule has 0 spiro atoms. The number of amides is 1. The summed E-state index contributed by atoms with van der Waals surface area (Å²) in [6, 6.07) is -0.647. The Kier molecular flexibility index (Phi) is 3.33. The van der Waals surface area contributed by atoms with Crippen molar-refractivity contribution in [2.45, 2.75) is 25.6 Å². The maximum atomic E-state index is 11.6. The van der Waals surface area contributed by atoms with Crippen LogP contribution in [-0.4, -0.2) is 51.2 Å². The highest BCUT2D eigenvalue weighted by molar-refractivity contribution is 5.82. The predicted octanol–water partition coefficient (Wildman–Crippen LogP) is -0.114. The van der Waals surface area contributed by atoms with Crippen LogP contribution in [0.15, 0.2) is 12.5 Å². The van der Waals surface area contributed by atoms with Crippen LogP contribution < -0.4 is 0 Å². The van der Waals surface area contributed by atoms with Crippen LogP contribution in [-0.2, 0) is 20.9 Å². The number of carbonyl (C=O) groups is 2. The molecule has 1 N–H and O–H groups in total. The summed E-state index contributed by atoms with van der Waals surface area (Å²) in [6.07, 6.45) is 2.12. The number of likely N-dealkylation sites (N-methyl/N-ethyl adjacent to an activating group) is 1. The van der Waals surface area contributed by atoms with Gasteiger partial charge in [-0.3, -0.25) is 4.79 Å². The Balaban J connectivity index is 2.41. The molecule has 2 atom stereocenters. The second kappa shape index (κ2) is 4.77. The lowest BCUT2D eigenvalue weighted by atomic mass is 10.0. The molecule has 98 valence electrons. The molecule has 0 aromatic carbocycles. The molecule has 1 amide bonds. The number of aliphatic carboxylic acids is 1. The monoisotopic (exact) mass is 253 g/mol. The van der Waals surface area contributed by atoms with Gasteiger partial charge < -0.3 is 19.3 Å². The molecule has 0 aliphatic carbocycles. The first kappa shape index (κ1) is 12.6. The Morgan fingerprint density at radius 2 is 2.39 bits per heavy atom. The fourth-order valence-corrected chi connectivity index (χ4v) is 2.11. The number of carboxylic acids is 1. The first-order chi connectivity index (χ1) is 8.56. The highest BCUT2D eigenvalue weighted by atomic mass is 16.5. The fourth-order valence-electron chi connectivity index (χ4n) is 2.11. The Bertz CT molecular complexity index is 471. The highest BCUT2D eigenvalue weighted by Crippen LogP contribution is 2.28. The van der Waals surface area contributed by atoms with E-state index in [9.17, 15) is 14.7 Å². The molecule has 2 unspecified atom stereocenters. The van der Waals surface area contributed by atoms with Gasteiger partial charge in [0.05, 0.1) is 18.2 Å². The normalized spacial score (nSPS) is 24.3. The van der Waals surface area contributed by atoms with Crippen LogP contribution in [0.1, 0.15) is 18.7 Å². The van der Waals surface area contributed by atoms with Crippen molar-refractivity contribution in [2.75, 3.05) is 13.7 Å². The van der Waals surface area contributed by atoms with Crippen LogP contribution in [0.3, 0.4) is 0 Å². The number of carbonyl (C=O) groups excluding carboxylic acids is 1. The van der Waals surface area contributed by atoms with Gasteiger partial charge in [0.2, 0.25) is 5.91 Å². The van der Waals surface area contributed by atoms with Crippen LogP contribution in [0.5, 0.6) is 0 Å². The Morgan fingerprint density at radius 1 is 1.67 bits per heavy atom. The molecule has 0 saturated carbocycles. The van der Waals surface area contributed by atoms with Gasteiger partial charge in [0.15, 0.2) is 6.10 Å². The van der Waals surface area contributed by atoms with Gasteiger partial charge in [0.25, 0.3) is 0 Å². The number of morpholine rings is 1. The number of carboxylic acid groups (broad SMARTS) is 1. The van der Waals surface area contributed by atoms with E-state index in [4.69, 9.17) is 4.74 Å². The quantitative estimate of drug-likeness (QED) is 0.812. The Morgan fingerprint density at radius 3 is 3.00 bits per heavy atom. The van der Waals surface area contributed by atoms with Crippen LogP contribution >= 0.6 is 0 Å². The average Bonchev–Trinajstić information content (AvgIpc) is 2.79. The summed E-state index contributed by atoms with van der Waals surface area (Å²) >= 11 is 0. The summed E-state index contributed by atoms with van der Waals surface area (Å²) in [5, 5.41) is 9.18. The van der Waals surface area contributed by atoms with E-state index in [1.807, 2.05) is 6.92 Å². The van der Waals surface area contributed by atoms with Crippen LogP contribution in [0.2, 0.25) is 0 Å². The van der Waals surface area contributed by atoms with Gasteiger partial charge in [-0.05, 0) is 6.92 Å². The van der Waals surface area contributed by atoms with E-state index < -0.39 is 18.1 Å². The van der Waals surface area contributed by atoms with Gasteiger partial charge in [-0.25, -0.2) is 9.78 Å². The molecule has 1 aromatic rings. The van der Waals surface area contributed by atoms with Crippen molar-refractivity contribution in [1.82, 2.24) is 14.5 Å². The van der Waals surface area contributed by atoms with Crippen LogP contribution in [0, 0.1) is 0 Å². The van der Waals surface area contributed by atoms with Gasteiger partial charge >= 0.3 is 5.97 Å². The Hall–Kier alpha value is -1.89. The highest BCUT2D eigenvalue weighted by Gasteiger charge is 2.41. The van der Waals surface area contributed by atoms with Crippen molar-refractivity contribution in [3.63, 3.8) is 0 Å². The zero-order valence-electron chi connectivity index (χ0n) is 10.2. The minimum Gasteiger partial charge on any atom is -0.479 e. The molecule has 1 aromatic heterocycles. The van der Waals surface area contributed by atoms with Gasteiger partial charge in [0.1, 0.15) is 12.6 Å². The topological polar surface area (TPSA) is 84.7 Å². The van der Waals surface area contributed by atoms with Gasteiger partial charge in [-0.2, -0.15) is 0 Å². The lowest BCUT2D eigenvalue weighted by Gasteiger charge is -2.36. The molecule has 1 saturated heterocycles. The van der Waals surface area contributed by atoms with Gasteiger partial charge in [-0.15, -0.1) is 0 Å². The summed E-state index contributed by atoms with van der Waals surface area (Å²) in [7, 11) is 1.58. The molecule has 0 radical (unpaired) electrons. The molecule has 1 fully saturated rings. The second-order valence-electron chi connectivity index (χ2n) is 4.12. The fraction of sp³-hybridized carbons (Fsp3) is 0.545. The minimum atomic E-state index is -1.08. The third kappa shape index (κ3) is 1.97. The van der Waals surface area contributed by atoms with E-state index in [1.165, 1.54) is 4.90 Å². The number of hydrogen-bond acceptors (Lipinski definition) is 4. The van der Waals surface area contributed by atoms with E-state index in [-0.39, 0.29) is 12.5 Å². The zero-order valence-corrected chi connectivity index (χ0v) is 10.2.